The van der Waals surface area contributed by atoms with Gasteiger partial charge in [0.2, 0.25) is 5.91 Å². The summed E-state index contributed by atoms with van der Waals surface area (Å²) in [5.74, 6) is 0.790. The normalized spacial score (nSPS) is 19.4. The number of amides is 1. The predicted molar refractivity (Wildman–Crippen MR) is 80.7 cm³/mol. The molecule has 0 saturated carbocycles. The standard InChI is InChI=1S/C17H25NO2/c1-4-5-17(19)18-10-11-20-16(12-18)15-8-6-14(7-9-15)13(2)3/h6-9,13,16H,4-5,10-12H2,1-3H3. The van der Waals surface area contributed by atoms with Gasteiger partial charge < -0.3 is 9.64 Å². The zero-order chi connectivity index (χ0) is 14.5. The number of nitrogens with zero attached hydrogens (tertiary/aromatic N) is 1. The van der Waals surface area contributed by atoms with E-state index in [9.17, 15) is 4.79 Å². The Labute approximate surface area is 121 Å². The summed E-state index contributed by atoms with van der Waals surface area (Å²) in [7, 11) is 0. The molecule has 1 atom stereocenters. The van der Waals surface area contributed by atoms with Crippen LogP contribution in [-0.4, -0.2) is 30.5 Å². The summed E-state index contributed by atoms with van der Waals surface area (Å²) in [6.45, 7) is 8.46. The first-order valence-corrected chi connectivity index (χ1v) is 7.61. The number of hydrogen-bond acceptors (Lipinski definition) is 2. The monoisotopic (exact) mass is 275 g/mol. The molecule has 1 aromatic carbocycles. The van der Waals surface area contributed by atoms with Crippen LogP contribution in [0.15, 0.2) is 24.3 Å². The SMILES string of the molecule is CCCC(=O)N1CCOC(c2ccc(C(C)C)cc2)C1. The molecule has 1 aliphatic heterocycles. The van der Waals surface area contributed by atoms with E-state index in [1.54, 1.807) is 0 Å². The quantitative estimate of drug-likeness (QED) is 0.841. The Kier molecular flexibility index (Phi) is 5.18. The number of carbonyl (C=O) groups excluding carboxylic acids is 1. The third-order valence-electron chi connectivity index (χ3n) is 3.86. The van der Waals surface area contributed by atoms with Gasteiger partial charge in [-0.25, -0.2) is 0 Å². The Hall–Kier alpha value is -1.35. The van der Waals surface area contributed by atoms with Crippen molar-refractivity contribution < 1.29 is 9.53 Å². The summed E-state index contributed by atoms with van der Waals surface area (Å²) < 4.78 is 5.83. The maximum atomic E-state index is 12.0. The van der Waals surface area contributed by atoms with Crippen LogP contribution in [0.2, 0.25) is 0 Å². The maximum Gasteiger partial charge on any atom is 0.222 e. The van der Waals surface area contributed by atoms with Gasteiger partial charge in [-0.15, -0.1) is 0 Å². The van der Waals surface area contributed by atoms with Gasteiger partial charge in [-0.2, -0.15) is 0 Å². The van der Waals surface area contributed by atoms with Gasteiger partial charge in [-0.1, -0.05) is 45.0 Å². The van der Waals surface area contributed by atoms with E-state index in [0.717, 1.165) is 13.0 Å². The Morgan fingerprint density at radius 2 is 2.05 bits per heavy atom. The molecule has 0 radical (unpaired) electrons. The van der Waals surface area contributed by atoms with Crippen molar-refractivity contribution >= 4 is 5.91 Å². The highest BCUT2D eigenvalue weighted by Gasteiger charge is 2.24. The summed E-state index contributed by atoms with van der Waals surface area (Å²) in [6, 6.07) is 8.59. The van der Waals surface area contributed by atoms with E-state index in [4.69, 9.17) is 4.74 Å². The van der Waals surface area contributed by atoms with E-state index in [2.05, 4.69) is 38.1 Å². The molecule has 1 aliphatic rings. The van der Waals surface area contributed by atoms with Crippen LogP contribution < -0.4 is 0 Å². The topological polar surface area (TPSA) is 29.5 Å². The lowest BCUT2D eigenvalue weighted by molar-refractivity contribution is -0.139. The van der Waals surface area contributed by atoms with Crippen LogP contribution in [0.3, 0.4) is 0 Å². The summed E-state index contributed by atoms with van der Waals surface area (Å²) in [5, 5.41) is 0. The van der Waals surface area contributed by atoms with Gasteiger partial charge in [0, 0.05) is 13.0 Å². The first-order valence-electron chi connectivity index (χ1n) is 7.61. The molecule has 0 spiro atoms. The van der Waals surface area contributed by atoms with Crippen LogP contribution in [0.25, 0.3) is 0 Å². The molecule has 1 aromatic rings. The second-order valence-electron chi connectivity index (χ2n) is 5.77. The molecule has 1 saturated heterocycles. The minimum absolute atomic E-state index is 0.0192. The lowest BCUT2D eigenvalue weighted by atomic mass is 9.99. The molecule has 2 rings (SSSR count). The Bertz CT molecular complexity index is 439. The average molecular weight is 275 g/mol. The molecule has 1 heterocycles. The number of rotatable bonds is 4. The number of benzene rings is 1. The fraction of sp³-hybridized carbons (Fsp3) is 0.588. The van der Waals surface area contributed by atoms with Crippen molar-refractivity contribution in [2.45, 2.75) is 45.6 Å². The summed E-state index contributed by atoms with van der Waals surface area (Å²) in [6.07, 6.45) is 1.56. The highest BCUT2D eigenvalue weighted by atomic mass is 16.5. The van der Waals surface area contributed by atoms with Crippen molar-refractivity contribution in [3.05, 3.63) is 35.4 Å². The first-order chi connectivity index (χ1) is 9.61. The van der Waals surface area contributed by atoms with Crippen molar-refractivity contribution in [2.75, 3.05) is 19.7 Å². The van der Waals surface area contributed by atoms with Crippen molar-refractivity contribution in [3.63, 3.8) is 0 Å². The lowest BCUT2D eigenvalue weighted by Gasteiger charge is -2.33. The van der Waals surface area contributed by atoms with Crippen molar-refractivity contribution in [1.29, 1.82) is 0 Å². The predicted octanol–water partition coefficient (Wildman–Crippen LogP) is 3.51. The zero-order valence-electron chi connectivity index (χ0n) is 12.8. The van der Waals surface area contributed by atoms with Gasteiger partial charge in [0.15, 0.2) is 0 Å². The van der Waals surface area contributed by atoms with E-state index in [0.29, 0.717) is 25.5 Å². The maximum absolute atomic E-state index is 12.0. The van der Waals surface area contributed by atoms with E-state index in [-0.39, 0.29) is 12.0 Å². The number of morpholine rings is 1. The Morgan fingerprint density at radius 1 is 1.35 bits per heavy atom. The minimum atomic E-state index is 0.0192. The van der Waals surface area contributed by atoms with Crippen LogP contribution >= 0.6 is 0 Å². The molecule has 0 bridgehead atoms. The van der Waals surface area contributed by atoms with Gasteiger partial charge in [0.25, 0.3) is 0 Å². The van der Waals surface area contributed by atoms with Crippen LogP contribution in [-0.2, 0) is 9.53 Å². The molecule has 0 aromatic heterocycles. The lowest BCUT2D eigenvalue weighted by Crippen LogP contribution is -2.42. The molecule has 1 amide bonds. The molecule has 0 aliphatic carbocycles. The molecule has 20 heavy (non-hydrogen) atoms. The molecule has 1 unspecified atom stereocenters. The second kappa shape index (κ2) is 6.89. The summed E-state index contributed by atoms with van der Waals surface area (Å²) in [4.78, 5) is 13.9. The van der Waals surface area contributed by atoms with Crippen molar-refractivity contribution in [1.82, 2.24) is 4.90 Å². The van der Waals surface area contributed by atoms with Crippen LogP contribution in [0.5, 0.6) is 0 Å². The average Bonchev–Trinajstić information content (AvgIpc) is 2.48. The molecule has 110 valence electrons. The number of hydrogen-bond donors (Lipinski definition) is 0. The van der Waals surface area contributed by atoms with Crippen molar-refractivity contribution in [2.24, 2.45) is 0 Å². The number of ether oxygens (including phenoxy) is 1. The fourth-order valence-corrected chi connectivity index (χ4v) is 2.55. The van der Waals surface area contributed by atoms with E-state index in [1.165, 1.54) is 11.1 Å². The molecule has 1 fully saturated rings. The zero-order valence-corrected chi connectivity index (χ0v) is 12.8. The van der Waals surface area contributed by atoms with Crippen LogP contribution in [0.1, 0.15) is 56.8 Å². The minimum Gasteiger partial charge on any atom is -0.370 e. The smallest absolute Gasteiger partial charge is 0.222 e. The van der Waals surface area contributed by atoms with Gasteiger partial charge in [0.05, 0.1) is 13.2 Å². The Morgan fingerprint density at radius 3 is 2.65 bits per heavy atom. The van der Waals surface area contributed by atoms with Gasteiger partial charge in [0.1, 0.15) is 6.10 Å². The van der Waals surface area contributed by atoms with E-state index >= 15 is 0 Å². The highest BCUT2D eigenvalue weighted by molar-refractivity contribution is 5.76. The van der Waals surface area contributed by atoms with Crippen LogP contribution in [0, 0.1) is 0 Å². The third kappa shape index (κ3) is 3.60. The molecule has 3 heteroatoms. The van der Waals surface area contributed by atoms with Crippen molar-refractivity contribution in [3.8, 4) is 0 Å². The van der Waals surface area contributed by atoms with Gasteiger partial charge in [-0.05, 0) is 23.5 Å². The largest absolute Gasteiger partial charge is 0.370 e. The van der Waals surface area contributed by atoms with Gasteiger partial charge >= 0.3 is 0 Å². The molecular formula is C17H25NO2. The molecular weight excluding hydrogens is 250 g/mol. The van der Waals surface area contributed by atoms with Crippen LogP contribution in [0.4, 0.5) is 0 Å². The fourth-order valence-electron chi connectivity index (χ4n) is 2.55. The van der Waals surface area contributed by atoms with E-state index < -0.39 is 0 Å². The van der Waals surface area contributed by atoms with E-state index in [1.807, 2.05) is 11.8 Å². The Balaban J connectivity index is 2.03. The number of carbonyl (C=O) groups is 1. The van der Waals surface area contributed by atoms with Gasteiger partial charge in [-0.3, -0.25) is 4.79 Å². The third-order valence-corrected chi connectivity index (χ3v) is 3.86. The highest BCUT2D eigenvalue weighted by Crippen LogP contribution is 2.24. The molecule has 3 nitrogen and oxygen atoms in total. The molecule has 0 N–H and O–H groups in total. The first kappa shape index (κ1) is 15.0. The second-order valence-corrected chi connectivity index (χ2v) is 5.77. The summed E-state index contributed by atoms with van der Waals surface area (Å²) >= 11 is 0. The summed E-state index contributed by atoms with van der Waals surface area (Å²) in [5.41, 5.74) is 2.51.